The van der Waals surface area contributed by atoms with Crippen molar-refractivity contribution in [3.8, 4) is 0 Å². The molecule has 1 aliphatic rings. The first-order valence-electron chi connectivity index (χ1n) is 7.71. The van der Waals surface area contributed by atoms with E-state index in [1.54, 1.807) is 11.9 Å². The van der Waals surface area contributed by atoms with Crippen LogP contribution in [-0.4, -0.2) is 47.4 Å². The number of nitrogens with one attached hydrogen (secondary N) is 1. The van der Waals surface area contributed by atoms with Crippen molar-refractivity contribution in [3.05, 3.63) is 35.4 Å². The van der Waals surface area contributed by atoms with Gasteiger partial charge in [0.25, 0.3) is 0 Å². The van der Waals surface area contributed by atoms with Crippen LogP contribution in [0.3, 0.4) is 0 Å². The number of carbonyl (C=O) groups is 1. The van der Waals surface area contributed by atoms with Gasteiger partial charge in [0.15, 0.2) is 0 Å². The van der Waals surface area contributed by atoms with E-state index in [0.29, 0.717) is 19.5 Å². The molecule has 0 spiro atoms. The number of likely N-dealkylation sites (N-methyl/N-ethyl adjacent to an activating group) is 1. The summed E-state index contributed by atoms with van der Waals surface area (Å²) in [7, 11) is 1.79. The van der Waals surface area contributed by atoms with Crippen LogP contribution in [0.25, 0.3) is 0 Å². The fourth-order valence-electron chi connectivity index (χ4n) is 2.76. The normalized spacial score (nSPS) is 19.5. The van der Waals surface area contributed by atoms with Crippen molar-refractivity contribution in [2.24, 2.45) is 0 Å². The number of aliphatic hydroxyl groups is 1. The molecule has 5 heteroatoms. The fourth-order valence-corrected chi connectivity index (χ4v) is 2.76. The first-order valence-corrected chi connectivity index (χ1v) is 7.71. The zero-order valence-electron chi connectivity index (χ0n) is 13.8. The van der Waals surface area contributed by atoms with Gasteiger partial charge in [-0.25, -0.2) is 4.79 Å². The molecule has 122 valence electrons. The molecule has 2 rings (SSSR count). The van der Waals surface area contributed by atoms with Gasteiger partial charge >= 0.3 is 6.09 Å². The van der Waals surface area contributed by atoms with E-state index in [4.69, 9.17) is 4.74 Å². The van der Waals surface area contributed by atoms with Gasteiger partial charge < -0.3 is 15.2 Å². The number of aliphatic hydroxyl groups excluding tert-OH is 1. The second-order valence-electron chi connectivity index (χ2n) is 6.77. The van der Waals surface area contributed by atoms with Gasteiger partial charge in [0.1, 0.15) is 5.60 Å². The molecule has 0 saturated carbocycles. The molecule has 1 aliphatic heterocycles. The Morgan fingerprint density at radius 1 is 1.41 bits per heavy atom. The molecule has 1 amide bonds. The minimum atomic E-state index is -0.633. The number of nitrogens with zero attached hydrogens (tertiary/aromatic N) is 1. The molecule has 2 atom stereocenters. The number of rotatable bonds is 3. The highest BCUT2D eigenvalue weighted by Crippen LogP contribution is 2.26. The number of benzene rings is 1. The van der Waals surface area contributed by atoms with Crippen LogP contribution in [0.15, 0.2) is 24.3 Å². The second-order valence-corrected chi connectivity index (χ2v) is 6.77. The Labute approximate surface area is 132 Å². The van der Waals surface area contributed by atoms with E-state index in [0.717, 1.165) is 5.56 Å². The Kier molecular flexibility index (Phi) is 5.08. The van der Waals surface area contributed by atoms with E-state index >= 15 is 0 Å². The standard InChI is InChI=1S/C17H26N2O3/c1-17(2,3)22-16(21)19-11-13-8-6-5-7-12(13)9-14(19)15(20)10-18-4/h5-8,14-15,18,20H,9-11H2,1-4H3/t14?,15-/m1/s1. The summed E-state index contributed by atoms with van der Waals surface area (Å²) < 4.78 is 5.51. The Balaban J connectivity index is 2.25. The minimum absolute atomic E-state index is 0.280. The SMILES string of the molecule is CNC[C@@H](O)C1Cc2ccccc2CN1C(=O)OC(C)(C)C. The predicted molar refractivity (Wildman–Crippen MR) is 85.6 cm³/mol. The van der Waals surface area contributed by atoms with Crippen LogP contribution in [-0.2, 0) is 17.7 Å². The van der Waals surface area contributed by atoms with Crippen molar-refractivity contribution in [1.29, 1.82) is 0 Å². The van der Waals surface area contributed by atoms with Crippen LogP contribution < -0.4 is 5.32 Å². The summed E-state index contributed by atoms with van der Waals surface area (Å²) in [5, 5.41) is 13.4. The van der Waals surface area contributed by atoms with E-state index in [1.165, 1.54) is 5.56 Å². The summed E-state index contributed by atoms with van der Waals surface area (Å²) in [6.45, 7) is 6.45. The fraction of sp³-hybridized carbons (Fsp3) is 0.588. The molecule has 0 aliphatic carbocycles. The molecule has 1 heterocycles. The van der Waals surface area contributed by atoms with Gasteiger partial charge in [-0.05, 0) is 45.4 Å². The molecule has 0 fully saturated rings. The van der Waals surface area contributed by atoms with Crippen molar-refractivity contribution in [1.82, 2.24) is 10.2 Å². The molecule has 22 heavy (non-hydrogen) atoms. The van der Waals surface area contributed by atoms with E-state index in [9.17, 15) is 9.90 Å². The van der Waals surface area contributed by atoms with Crippen molar-refractivity contribution >= 4 is 6.09 Å². The van der Waals surface area contributed by atoms with Crippen molar-refractivity contribution < 1.29 is 14.6 Å². The van der Waals surface area contributed by atoms with Gasteiger partial charge in [-0.2, -0.15) is 0 Å². The monoisotopic (exact) mass is 306 g/mol. The number of hydrogen-bond acceptors (Lipinski definition) is 4. The van der Waals surface area contributed by atoms with Gasteiger partial charge in [0.2, 0.25) is 0 Å². The first-order chi connectivity index (χ1) is 10.3. The van der Waals surface area contributed by atoms with Crippen molar-refractivity contribution in [3.63, 3.8) is 0 Å². The van der Waals surface area contributed by atoms with Crippen LogP contribution >= 0.6 is 0 Å². The number of hydrogen-bond donors (Lipinski definition) is 2. The van der Waals surface area contributed by atoms with Gasteiger partial charge in [0, 0.05) is 13.1 Å². The smallest absolute Gasteiger partial charge is 0.410 e. The zero-order valence-corrected chi connectivity index (χ0v) is 13.8. The molecule has 0 aromatic heterocycles. The Morgan fingerprint density at radius 2 is 2.05 bits per heavy atom. The molecule has 5 nitrogen and oxygen atoms in total. The third-order valence-corrected chi connectivity index (χ3v) is 3.77. The van der Waals surface area contributed by atoms with Crippen LogP contribution in [0.2, 0.25) is 0 Å². The van der Waals surface area contributed by atoms with Crippen molar-refractivity contribution in [2.75, 3.05) is 13.6 Å². The van der Waals surface area contributed by atoms with Crippen LogP contribution in [0.4, 0.5) is 4.79 Å². The average Bonchev–Trinajstić information content (AvgIpc) is 2.44. The molecular formula is C17H26N2O3. The number of fused-ring (bicyclic) bond motifs is 1. The maximum absolute atomic E-state index is 12.5. The Hall–Kier alpha value is -1.59. The first kappa shape index (κ1) is 16.8. The highest BCUT2D eigenvalue weighted by atomic mass is 16.6. The quantitative estimate of drug-likeness (QED) is 0.896. The summed E-state index contributed by atoms with van der Waals surface area (Å²) in [5.41, 5.74) is 1.75. The molecule has 1 aromatic carbocycles. The zero-order chi connectivity index (χ0) is 16.3. The van der Waals surface area contributed by atoms with Gasteiger partial charge in [0.05, 0.1) is 12.1 Å². The minimum Gasteiger partial charge on any atom is -0.444 e. The summed E-state index contributed by atoms with van der Waals surface area (Å²) >= 11 is 0. The maximum atomic E-state index is 12.5. The van der Waals surface area contributed by atoms with Crippen LogP contribution in [0.1, 0.15) is 31.9 Å². The highest BCUT2D eigenvalue weighted by Gasteiger charge is 2.36. The summed E-state index contributed by atoms with van der Waals surface area (Å²) in [5.74, 6) is 0. The third kappa shape index (κ3) is 3.99. The largest absolute Gasteiger partial charge is 0.444 e. The third-order valence-electron chi connectivity index (χ3n) is 3.77. The second kappa shape index (κ2) is 6.67. The number of carbonyl (C=O) groups excluding carboxylic acids is 1. The summed E-state index contributed by atoms with van der Waals surface area (Å²) in [6.07, 6.45) is -0.369. The molecule has 0 bridgehead atoms. The molecule has 1 unspecified atom stereocenters. The topological polar surface area (TPSA) is 61.8 Å². The summed E-state index contributed by atoms with van der Waals surface area (Å²) in [6, 6.07) is 7.76. The predicted octanol–water partition coefficient (Wildman–Crippen LogP) is 1.93. The lowest BCUT2D eigenvalue weighted by Crippen LogP contribution is -2.53. The van der Waals surface area contributed by atoms with E-state index in [-0.39, 0.29) is 12.1 Å². The van der Waals surface area contributed by atoms with Gasteiger partial charge in [-0.3, -0.25) is 4.90 Å². The molecule has 0 saturated heterocycles. The van der Waals surface area contributed by atoms with Crippen LogP contribution in [0, 0.1) is 0 Å². The van der Waals surface area contributed by atoms with Crippen molar-refractivity contribution in [2.45, 2.75) is 51.5 Å². The Morgan fingerprint density at radius 3 is 2.64 bits per heavy atom. The molecular weight excluding hydrogens is 280 g/mol. The van der Waals surface area contributed by atoms with Gasteiger partial charge in [-0.1, -0.05) is 24.3 Å². The maximum Gasteiger partial charge on any atom is 0.410 e. The van der Waals surface area contributed by atoms with E-state index < -0.39 is 11.7 Å². The highest BCUT2D eigenvalue weighted by molar-refractivity contribution is 5.69. The number of ether oxygens (including phenoxy) is 1. The van der Waals surface area contributed by atoms with Crippen LogP contribution in [0.5, 0.6) is 0 Å². The average molecular weight is 306 g/mol. The lowest BCUT2D eigenvalue weighted by atomic mass is 9.91. The van der Waals surface area contributed by atoms with E-state index in [1.807, 2.05) is 39.0 Å². The Bertz CT molecular complexity index is 525. The lowest BCUT2D eigenvalue weighted by Gasteiger charge is -2.39. The van der Waals surface area contributed by atoms with Gasteiger partial charge in [-0.15, -0.1) is 0 Å². The molecule has 2 N–H and O–H groups in total. The number of amides is 1. The molecule has 1 aromatic rings. The summed E-state index contributed by atoms with van der Waals surface area (Å²) in [4.78, 5) is 14.2. The molecule has 0 radical (unpaired) electrons. The van der Waals surface area contributed by atoms with E-state index in [2.05, 4.69) is 11.4 Å². The lowest BCUT2D eigenvalue weighted by molar-refractivity contribution is -0.0113.